The van der Waals surface area contributed by atoms with Crippen LogP contribution < -0.4 is 0 Å². The maximum Gasteiger partial charge on any atom is 0.321 e. The lowest BCUT2D eigenvalue weighted by atomic mass is 10.5. The summed E-state index contributed by atoms with van der Waals surface area (Å²) in [5.74, 6) is -0.259. The maximum atomic E-state index is 9.94. The second-order valence-electron chi connectivity index (χ2n) is 1.40. The zero-order chi connectivity index (χ0) is 6.85. The summed E-state index contributed by atoms with van der Waals surface area (Å²) in [4.78, 5) is 9.32. The van der Waals surface area contributed by atoms with Gasteiger partial charge in [-0.15, -0.1) is 11.3 Å². The van der Waals surface area contributed by atoms with Crippen molar-refractivity contribution in [2.45, 2.75) is 0 Å². The molecule has 0 aromatic carbocycles. The predicted molar refractivity (Wildman–Crippen MR) is 32.6 cm³/mol. The van der Waals surface area contributed by atoms with E-state index in [0.717, 1.165) is 11.3 Å². The van der Waals surface area contributed by atoms with Crippen LogP contribution in [0, 0.1) is 10.1 Å². The van der Waals surface area contributed by atoms with E-state index in [9.17, 15) is 10.1 Å². The number of hydrogen-bond donors (Lipinski definition) is 1. The van der Waals surface area contributed by atoms with Crippen molar-refractivity contribution < 1.29 is 10.0 Å². The largest absolute Gasteiger partial charge is 0.502 e. The number of thiophene rings is 1. The molecule has 4 nitrogen and oxygen atoms in total. The monoisotopic (exact) mass is 145 g/mol. The van der Waals surface area contributed by atoms with Crippen LogP contribution in [0.15, 0.2) is 10.8 Å². The van der Waals surface area contributed by atoms with Gasteiger partial charge in [0.25, 0.3) is 0 Å². The van der Waals surface area contributed by atoms with Crippen molar-refractivity contribution in [1.82, 2.24) is 0 Å². The Hall–Kier alpha value is -1.10. The van der Waals surface area contributed by atoms with Gasteiger partial charge in [-0.1, -0.05) is 0 Å². The third kappa shape index (κ3) is 0.996. The third-order valence-electron chi connectivity index (χ3n) is 0.818. The van der Waals surface area contributed by atoms with E-state index in [2.05, 4.69) is 0 Å². The minimum Gasteiger partial charge on any atom is -0.502 e. The Labute approximate surface area is 54.5 Å². The first kappa shape index (κ1) is 6.03. The van der Waals surface area contributed by atoms with E-state index in [1.54, 1.807) is 0 Å². The number of nitro groups is 1. The Morgan fingerprint density at radius 2 is 2.33 bits per heavy atom. The molecule has 0 unspecified atom stereocenters. The SMILES string of the molecule is O=[N+]([O-])c1cscc1O. The Balaban J connectivity index is 3.08. The zero-order valence-corrected chi connectivity index (χ0v) is 5.09. The van der Waals surface area contributed by atoms with Crippen molar-refractivity contribution in [3.63, 3.8) is 0 Å². The van der Waals surface area contributed by atoms with Gasteiger partial charge < -0.3 is 5.11 Å². The summed E-state index contributed by atoms with van der Waals surface area (Å²) in [5, 5.41) is 21.2. The topological polar surface area (TPSA) is 63.4 Å². The molecule has 5 heteroatoms. The van der Waals surface area contributed by atoms with Gasteiger partial charge in [0.15, 0.2) is 0 Å². The van der Waals surface area contributed by atoms with Crippen LogP contribution in [0.4, 0.5) is 5.69 Å². The molecule has 1 heterocycles. The fraction of sp³-hybridized carbons (Fsp3) is 0. The summed E-state index contributed by atoms with van der Waals surface area (Å²) >= 11 is 1.10. The molecule has 1 aromatic rings. The van der Waals surface area contributed by atoms with E-state index in [-0.39, 0.29) is 11.4 Å². The first-order chi connectivity index (χ1) is 4.22. The Morgan fingerprint density at radius 1 is 1.67 bits per heavy atom. The molecule has 0 radical (unpaired) electrons. The van der Waals surface area contributed by atoms with Gasteiger partial charge in [-0.3, -0.25) is 10.1 Å². The summed E-state index contributed by atoms with van der Waals surface area (Å²) in [5.41, 5.74) is -0.222. The van der Waals surface area contributed by atoms with E-state index < -0.39 is 4.92 Å². The molecule has 1 N–H and O–H groups in total. The lowest BCUT2D eigenvalue weighted by Gasteiger charge is -1.82. The van der Waals surface area contributed by atoms with Crippen LogP contribution in [-0.4, -0.2) is 10.0 Å². The Kier molecular flexibility index (Phi) is 1.35. The average Bonchev–Trinajstić information content (AvgIpc) is 2.13. The maximum absolute atomic E-state index is 9.94. The van der Waals surface area contributed by atoms with Crippen LogP contribution in [0.2, 0.25) is 0 Å². The summed E-state index contributed by atoms with van der Waals surface area (Å²) in [7, 11) is 0. The van der Waals surface area contributed by atoms with Crippen molar-refractivity contribution >= 4 is 17.0 Å². The van der Waals surface area contributed by atoms with Crippen LogP contribution in [0.5, 0.6) is 5.75 Å². The number of aromatic hydroxyl groups is 1. The van der Waals surface area contributed by atoms with Crippen LogP contribution >= 0.6 is 11.3 Å². The first-order valence-corrected chi connectivity index (χ1v) is 3.05. The lowest BCUT2D eigenvalue weighted by molar-refractivity contribution is -0.385. The highest BCUT2D eigenvalue weighted by atomic mass is 32.1. The molecule has 9 heavy (non-hydrogen) atoms. The molecule has 48 valence electrons. The van der Waals surface area contributed by atoms with Gasteiger partial charge in [-0.2, -0.15) is 0 Å². The quantitative estimate of drug-likeness (QED) is 0.479. The fourth-order valence-corrected chi connectivity index (χ4v) is 1.07. The van der Waals surface area contributed by atoms with Crippen LogP contribution in [0.25, 0.3) is 0 Å². The zero-order valence-electron chi connectivity index (χ0n) is 4.27. The number of nitrogens with zero attached hydrogens (tertiary/aromatic N) is 1. The summed E-state index contributed by atoms with van der Waals surface area (Å²) < 4.78 is 0. The summed E-state index contributed by atoms with van der Waals surface area (Å²) in [6.45, 7) is 0. The normalized spacial score (nSPS) is 9.33. The number of rotatable bonds is 1. The molecule has 0 atom stereocenters. The molecule has 1 aromatic heterocycles. The molecule has 0 saturated heterocycles. The van der Waals surface area contributed by atoms with Gasteiger partial charge in [0.1, 0.15) is 0 Å². The molecule has 0 fully saturated rings. The highest BCUT2D eigenvalue weighted by molar-refractivity contribution is 7.08. The van der Waals surface area contributed by atoms with Gasteiger partial charge in [0.2, 0.25) is 5.75 Å². The van der Waals surface area contributed by atoms with Gasteiger partial charge in [0.05, 0.1) is 10.3 Å². The molecule has 0 spiro atoms. The molecule has 0 amide bonds. The minimum absolute atomic E-state index is 0.222. The summed E-state index contributed by atoms with van der Waals surface area (Å²) in [6, 6.07) is 0. The average molecular weight is 145 g/mol. The van der Waals surface area contributed by atoms with E-state index in [1.807, 2.05) is 0 Å². The third-order valence-corrected chi connectivity index (χ3v) is 1.54. The molecular weight excluding hydrogens is 142 g/mol. The highest BCUT2D eigenvalue weighted by Gasteiger charge is 2.11. The van der Waals surface area contributed by atoms with E-state index in [1.165, 1.54) is 10.8 Å². The molecule has 0 saturated carbocycles. The Morgan fingerprint density at radius 3 is 2.56 bits per heavy atom. The van der Waals surface area contributed by atoms with Crippen LogP contribution in [0.1, 0.15) is 0 Å². The molecule has 0 aliphatic carbocycles. The second-order valence-corrected chi connectivity index (χ2v) is 2.14. The highest BCUT2D eigenvalue weighted by Crippen LogP contribution is 2.28. The van der Waals surface area contributed by atoms with E-state index >= 15 is 0 Å². The van der Waals surface area contributed by atoms with Crippen molar-refractivity contribution in [3.8, 4) is 5.75 Å². The van der Waals surface area contributed by atoms with Gasteiger partial charge in [-0.05, 0) is 0 Å². The summed E-state index contributed by atoms with van der Waals surface area (Å²) in [6.07, 6.45) is 0. The molecular formula is C4H3NO3S. The molecule has 1 rings (SSSR count). The van der Waals surface area contributed by atoms with Crippen LogP contribution in [0.3, 0.4) is 0 Å². The van der Waals surface area contributed by atoms with Gasteiger partial charge in [-0.25, -0.2) is 0 Å². The van der Waals surface area contributed by atoms with Gasteiger partial charge >= 0.3 is 5.69 Å². The van der Waals surface area contributed by atoms with Crippen molar-refractivity contribution in [1.29, 1.82) is 0 Å². The van der Waals surface area contributed by atoms with Crippen molar-refractivity contribution in [2.24, 2.45) is 0 Å². The first-order valence-electron chi connectivity index (χ1n) is 2.11. The smallest absolute Gasteiger partial charge is 0.321 e. The van der Waals surface area contributed by atoms with Crippen molar-refractivity contribution in [2.75, 3.05) is 0 Å². The second kappa shape index (κ2) is 2.02. The molecule has 0 bridgehead atoms. The van der Waals surface area contributed by atoms with Gasteiger partial charge in [0, 0.05) is 5.38 Å². The minimum atomic E-state index is -0.619. The predicted octanol–water partition coefficient (Wildman–Crippen LogP) is 1.36. The van der Waals surface area contributed by atoms with Crippen LogP contribution in [-0.2, 0) is 0 Å². The lowest BCUT2D eigenvalue weighted by Crippen LogP contribution is -1.83. The molecule has 0 aliphatic rings. The fourth-order valence-electron chi connectivity index (χ4n) is 0.420. The number of hydrogen-bond acceptors (Lipinski definition) is 4. The Bertz CT molecular complexity index is 231. The van der Waals surface area contributed by atoms with E-state index in [4.69, 9.17) is 5.11 Å². The molecule has 0 aliphatic heterocycles. The van der Waals surface area contributed by atoms with Crippen molar-refractivity contribution in [3.05, 3.63) is 20.9 Å². The van der Waals surface area contributed by atoms with E-state index in [0.29, 0.717) is 0 Å². The standard InChI is InChI=1S/C4H3NO3S/c6-4-2-9-1-3(4)5(7)8/h1-2,6H.